The first-order valence-corrected chi connectivity index (χ1v) is 8.35. The topological polar surface area (TPSA) is 74.3 Å². The van der Waals surface area contributed by atoms with Crippen LogP contribution in [0, 0.1) is 6.92 Å². The molecule has 0 aromatic heterocycles. The molecule has 25 heavy (non-hydrogen) atoms. The number of morpholine rings is 1. The summed E-state index contributed by atoms with van der Waals surface area (Å²) in [5, 5.41) is 0. The lowest BCUT2D eigenvalue weighted by Gasteiger charge is -2.44. The number of Topliss-reactive ketones (excluding diaryl/α,β-unsaturated/α-hetero) is 1. The van der Waals surface area contributed by atoms with Gasteiger partial charge in [0.2, 0.25) is 5.78 Å². The van der Waals surface area contributed by atoms with E-state index in [-0.39, 0.29) is 31.4 Å². The molecule has 7 heteroatoms. The van der Waals surface area contributed by atoms with E-state index >= 15 is 0 Å². The number of rotatable bonds is 1. The predicted octanol–water partition coefficient (Wildman–Crippen LogP) is 1.17. The maximum Gasteiger partial charge on any atom is 0.253 e. The summed E-state index contributed by atoms with van der Waals surface area (Å²) in [5.74, 6) is -2.90. The zero-order valence-corrected chi connectivity index (χ0v) is 14.5. The minimum Gasteiger partial charge on any atom is -0.342 e. The number of hydrogen-bond acceptors (Lipinski definition) is 6. The molecule has 0 aliphatic carbocycles. The quantitative estimate of drug-likeness (QED) is 0.759. The number of ketones is 1. The first-order valence-electron chi connectivity index (χ1n) is 8.35. The van der Waals surface area contributed by atoms with Crippen molar-refractivity contribution in [1.29, 1.82) is 0 Å². The van der Waals surface area contributed by atoms with Crippen LogP contribution in [0.2, 0.25) is 0 Å². The van der Waals surface area contributed by atoms with Gasteiger partial charge in [0, 0.05) is 5.69 Å². The molecule has 0 N–H and O–H groups in total. The van der Waals surface area contributed by atoms with E-state index in [9.17, 15) is 9.59 Å². The Bertz CT molecular complexity index is 715. The van der Waals surface area contributed by atoms with Crippen molar-refractivity contribution < 1.29 is 28.5 Å². The number of carbonyl (C=O) groups is 2. The second-order valence-electron chi connectivity index (χ2n) is 7.13. The number of fused-ring (bicyclic) bond motifs is 1. The summed E-state index contributed by atoms with van der Waals surface area (Å²) in [5.41, 5.74) is 1.80. The molecule has 1 spiro atoms. The maximum atomic E-state index is 13.0. The maximum absolute atomic E-state index is 13.0. The highest BCUT2D eigenvalue weighted by Gasteiger charge is 2.60. The summed E-state index contributed by atoms with van der Waals surface area (Å²) < 4.78 is 22.8. The summed E-state index contributed by atoms with van der Waals surface area (Å²) in [4.78, 5) is 26.9. The van der Waals surface area contributed by atoms with Gasteiger partial charge in [0.1, 0.15) is 12.7 Å². The Morgan fingerprint density at radius 1 is 1.08 bits per heavy atom. The largest absolute Gasteiger partial charge is 0.342 e. The fourth-order valence-corrected chi connectivity index (χ4v) is 3.48. The lowest BCUT2D eigenvalue weighted by atomic mass is 9.97. The predicted molar refractivity (Wildman–Crippen MR) is 87.0 cm³/mol. The van der Waals surface area contributed by atoms with Gasteiger partial charge >= 0.3 is 0 Å². The zero-order valence-electron chi connectivity index (χ0n) is 14.5. The number of benzene rings is 1. The lowest BCUT2D eigenvalue weighted by Crippen LogP contribution is -2.67. The fraction of sp³-hybridized carbons (Fsp3) is 0.556. The van der Waals surface area contributed by atoms with Gasteiger partial charge in [-0.25, -0.2) is 0 Å². The summed E-state index contributed by atoms with van der Waals surface area (Å²) in [6, 6.07) is 7.53. The molecule has 134 valence electrons. The zero-order chi connectivity index (χ0) is 17.8. The van der Waals surface area contributed by atoms with Crippen LogP contribution in [0.15, 0.2) is 24.3 Å². The molecule has 1 amide bonds. The molecule has 0 bridgehead atoms. The average Bonchev–Trinajstić information content (AvgIpc) is 2.89. The Kier molecular flexibility index (Phi) is 3.73. The number of carbonyl (C=O) groups excluding carboxylic acids is 2. The monoisotopic (exact) mass is 347 g/mol. The van der Waals surface area contributed by atoms with Crippen LogP contribution >= 0.6 is 0 Å². The van der Waals surface area contributed by atoms with E-state index in [0.29, 0.717) is 5.69 Å². The Morgan fingerprint density at radius 2 is 1.80 bits per heavy atom. The van der Waals surface area contributed by atoms with Crippen molar-refractivity contribution in [1.82, 2.24) is 0 Å². The molecule has 3 saturated heterocycles. The van der Waals surface area contributed by atoms with E-state index < -0.39 is 23.8 Å². The van der Waals surface area contributed by atoms with Crippen molar-refractivity contribution in [3.05, 3.63) is 29.8 Å². The molecule has 1 aromatic carbocycles. The van der Waals surface area contributed by atoms with Crippen molar-refractivity contribution in [3.63, 3.8) is 0 Å². The summed E-state index contributed by atoms with van der Waals surface area (Å²) in [6.45, 7) is 5.45. The number of hydrogen-bond donors (Lipinski definition) is 0. The number of ether oxygens (including phenoxy) is 4. The summed E-state index contributed by atoms with van der Waals surface area (Å²) in [6.07, 6.45) is -1.21. The standard InChI is InChI=1S/C18H21NO6/c1-11-4-6-12(7-5-11)19-10-18(23-9-14(19)20)16(21)15-13(8-22-18)24-17(2,3)25-15/h4-7,13,15H,8-10H2,1-3H3/t13-,15-,18-/m1/s1. The molecule has 3 atom stereocenters. The highest BCUT2D eigenvalue weighted by molar-refractivity contribution is 5.99. The fourth-order valence-electron chi connectivity index (χ4n) is 3.48. The van der Waals surface area contributed by atoms with Gasteiger partial charge in [0.05, 0.1) is 13.2 Å². The first-order chi connectivity index (χ1) is 11.8. The van der Waals surface area contributed by atoms with Gasteiger partial charge in [-0.1, -0.05) is 17.7 Å². The van der Waals surface area contributed by atoms with Crippen LogP contribution in [0.4, 0.5) is 5.69 Å². The van der Waals surface area contributed by atoms with Crippen LogP contribution in [-0.2, 0) is 28.5 Å². The van der Waals surface area contributed by atoms with Gasteiger partial charge in [0.15, 0.2) is 11.9 Å². The molecule has 3 aliphatic rings. The first kappa shape index (κ1) is 16.7. The number of anilines is 1. The van der Waals surface area contributed by atoms with E-state index in [1.54, 1.807) is 13.8 Å². The third-order valence-electron chi connectivity index (χ3n) is 4.74. The van der Waals surface area contributed by atoms with Crippen LogP contribution in [0.5, 0.6) is 0 Å². The normalized spacial score (nSPS) is 34.4. The van der Waals surface area contributed by atoms with Gasteiger partial charge in [-0.3, -0.25) is 9.59 Å². The Balaban J connectivity index is 1.61. The van der Waals surface area contributed by atoms with E-state index in [1.165, 1.54) is 4.90 Å². The van der Waals surface area contributed by atoms with Crippen LogP contribution in [0.3, 0.4) is 0 Å². The minimum atomic E-state index is -1.51. The summed E-state index contributed by atoms with van der Waals surface area (Å²) >= 11 is 0. The molecule has 0 saturated carbocycles. The second-order valence-corrected chi connectivity index (χ2v) is 7.13. The molecule has 0 radical (unpaired) electrons. The smallest absolute Gasteiger partial charge is 0.253 e. The molecule has 0 unspecified atom stereocenters. The van der Waals surface area contributed by atoms with Crippen molar-refractivity contribution >= 4 is 17.4 Å². The van der Waals surface area contributed by atoms with Gasteiger partial charge in [0.25, 0.3) is 11.7 Å². The molecule has 4 rings (SSSR count). The number of amides is 1. The molecule has 3 heterocycles. The number of aryl methyl sites for hydroxylation is 1. The highest BCUT2D eigenvalue weighted by Crippen LogP contribution is 2.38. The molecule has 7 nitrogen and oxygen atoms in total. The molecular weight excluding hydrogens is 326 g/mol. The van der Waals surface area contributed by atoms with Crippen molar-refractivity contribution in [2.24, 2.45) is 0 Å². The van der Waals surface area contributed by atoms with E-state index in [1.807, 2.05) is 31.2 Å². The molecular formula is C18H21NO6. The molecule has 3 aliphatic heterocycles. The minimum absolute atomic E-state index is 0.000730. The van der Waals surface area contributed by atoms with E-state index in [0.717, 1.165) is 5.56 Å². The Hall–Kier alpha value is -1.80. The van der Waals surface area contributed by atoms with Crippen molar-refractivity contribution in [3.8, 4) is 0 Å². The third-order valence-corrected chi connectivity index (χ3v) is 4.74. The molecule has 1 aromatic rings. The number of nitrogens with zero attached hydrogens (tertiary/aromatic N) is 1. The van der Waals surface area contributed by atoms with Crippen LogP contribution in [-0.4, -0.2) is 55.2 Å². The van der Waals surface area contributed by atoms with Gasteiger partial charge in [-0.05, 0) is 32.9 Å². The van der Waals surface area contributed by atoms with Crippen molar-refractivity contribution in [2.45, 2.75) is 44.6 Å². The SMILES string of the molecule is Cc1ccc(N2C[C@]3(OCC2=O)OC[C@H]2OC(C)(C)O[C@H]2C3=O)cc1. The Labute approximate surface area is 145 Å². The van der Waals surface area contributed by atoms with Gasteiger partial charge < -0.3 is 23.8 Å². The lowest BCUT2D eigenvalue weighted by molar-refractivity contribution is -0.254. The van der Waals surface area contributed by atoms with Crippen LogP contribution in [0.25, 0.3) is 0 Å². The van der Waals surface area contributed by atoms with E-state index in [4.69, 9.17) is 18.9 Å². The Morgan fingerprint density at radius 3 is 2.52 bits per heavy atom. The van der Waals surface area contributed by atoms with Crippen molar-refractivity contribution in [2.75, 3.05) is 24.7 Å². The average molecular weight is 347 g/mol. The van der Waals surface area contributed by atoms with E-state index in [2.05, 4.69) is 0 Å². The highest BCUT2D eigenvalue weighted by atomic mass is 16.8. The van der Waals surface area contributed by atoms with Crippen LogP contribution < -0.4 is 4.90 Å². The second kappa shape index (κ2) is 5.60. The van der Waals surface area contributed by atoms with Gasteiger partial charge in [-0.15, -0.1) is 0 Å². The van der Waals surface area contributed by atoms with Gasteiger partial charge in [-0.2, -0.15) is 0 Å². The summed E-state index contributed by atoms with van der Waals surface area (Å²) in [7, 11) is 0. The van der Waals surface area contributed by atoms with Crippen LogP contribution in [0.1, 0.15) is 19.4 Å². The third kappa shape index (κ3) is 2.77. The molecule has 3 fully saturated rings.